The van der Waals surface area contributed by atoms with Crippen LogP contribution in [0.2, 0.25) is 0 Å². The van der Waals surface area contributed by atoms with Gasteiger partial charge in [0, 0.05) is 6.08 Å². The van der Waals surface area contributed by atoms with Gasteiger partial charge in [0.15, 0.2) is 0 Å². The van der Waals surface area contributed by atoms with E-state index in [1.165, 1.54) is 0 Å². The van der Waals surface area contributed by atoms with Crippen molar-refractivity contribution in [3.05, 3.63) is 77.9 Å². The van der Waals surface area contributed by atoms with Crippen LogP contribution in [0, 0.1) is 0 Å². The first-order valence-corrected chi connectivity index (χ1v) is 5.47. The van der Waals surface area contributed by atoms with Crippen LogP contribution in [0.25, 0.3) is 5.57 Å². The summed E-state index contributed by atoms with van der Waals surface area (Å²) in [6.45, 7) is 0. The van der Waals surface area contributed by atoms with Crippen molar-refractivity contribution >= 4 is 5.57 Å². The number of allylic oxidation sites excluding steroid dienone is 1. The summed E-state index contributed by atoms with van der Waals surface area (Å²) in [5, 5.41) is 0. The fourth-order valence-electron chi connectivity index (χ4n) is 1.73. The molecule has 0 nitrogen and oxygen atoms in total. The summed E-state index contributed by atoms with van der Waals surface area (Å²) in [5.74, 6) is 0. The van der Waals surface area contributed by atoms with Gasteiger partial charge in [0.2, 0.25) is 0 Å². The van der Waals surface area contributed by atoms with Gasteiger partial charge in [0.05, 0.1) is 0 Å². The number of benzene rings is 2. The van der Waals surface area contributed by atoms with Crippen LogP contribution in [0.15, 0.2) is 66.7 Å². The summed E-state index contributed by atoms with van der Waals surface area (Å²) in [5.41, 5.74) is 1.30. The number of hydrogen-bond donors (Lipinski definition) is 0. The van der Waals surface area contributed by atoms with Crippen molar-refractivity contribution in [1.82, 2.24) is 0 Å². The summed E-state index contributed by atoms with van der Waals surface area (Å²) in [7, 11) is 0. The highest BCUT2D eigenvalue weighted by molar-refractivity contribution is 5.80. The molecule has 0 saturated carbocycles. The highest BCUT2D eigenvalue weighted by atomic mass is 19.4. The zero-order chi connectivity index (χ0) is 13.0. The van der Waals surface area contributed by atoms with Crippen LogP contribution < -0.4 is 0 Å². The predicted molar refractivity (Wildman–Crippen MR) is 66.0 cm³/mol. The number of rotatable bonds is 2. The van der Waals surface area contributed by atoms with E-state index < -0.39 is 6.18 Å². The molecule has 92 valence electrons. The molecule has 0 aromatic heterocycles. The number of alkyl halides is 3. The van der Waals surface area contributed by atoms with E-state index in [1.807, 2.05) is 0 Å². The lowest BCUT2D eigenvalue weighted by Gasteiger charge is -2.10. The zero-order valence-corrected chi connectivity index (χ0v) is 9.48. The van der Waals surface area contributed by atoms with E-state index >= 15 is 0 Å². The minimum atomic E-state index is -4.33. The lowest BCUT2D eigenvalue weighted by molar-refractivity contribution is -0.0793. The average Bonchev–Trinajstić information content (AvgIpc) is 2.37. The molecule has 2 aromatic rings. The van der Waals surface area contributed by atoms with Gasteiger partial charge in [-0.15, -0.1) is 0 Å². The molecular weight excluding hydrogens is 237 g/mol. The van der Waals surface area contributed by atoms with Crippen molar-refractivity contribution in [3.8, 4) is 0 Å². The standard InChI is InChI=1S/C15H11F3/c16-15(17,18)11-14(12-7-3-1-4-8-12)13-9-5-2-6-10-13/h1-11H. The Morgan fingerprint density at radius 1 is 0.722 bits per heavy atom. The summed E-state index contributed by atoms with van der Waals surface area (Å²) in [6.07, 6.45) is -3.99. The smallest absolute Gasteiger partial charge is 0.167 e. The van der Waals surface area contributed by atoms with Gasteiger partial charge in [0.25, 0.3) is 0 Å². The lowest BCUT2D eigenvalue weighted by atomic mass is 9.97. The highest BCUT2D eigenvalue weighted by Crippen LogP contribution is 2.29. The minimum absolute atomic E-state index is 0.184. The molecule has 0 saturated heterocycles. The van der Waals surface area contributed by atoms with E-state index in [-0.39, 0.29) is 5.57 Å². The second-order valence-electron chi connectivity index (χ2n) is 3.83. The van der Waals surface area contributed by atoms with Crippen molar-refractivity contribution in [2.24, 2.45) is 0 Å². The van der Waals surface area contributed by atoms with Crippen LogP contribution in [0.5, 0.6) is 0 Å². The first-order valence-electron chi connectivity index (χ1n) is 5.47. The van der Waals surface area contributed by atoms with Crippen molar-refractivity contribution in [2.75, 3.05) is 0 Å². The molecule has 2 aromatic carbocycles. The van der Waals surface area contributed by atoms with Gasteiger partial charge in [-0.1, -0.05) is 60.7 Å². The molecule has 0 N–H and O–H groups in total. The summed E-state index contributed by atoms with van der Waals surface area (Å²) >= 11 is 0. The SMILES string of the molecule is FC(F)(F)C=C(c1ccccc1)c1ccccc1. The van der Waals surface area contributed by atoms with Crippen molar-refractivity contribution in [3.63, 3.8) is 0 Å². The van der Waals surface area contributed by atoms with Crippen LogP contribution in [-0.4, -0.2) is 6.18 Å². The number of halogens is 3. The van der Waals surface area contributed by atoms with Crippen molar-refractivity contribution < 1.29 is 13.2 Å². The molecule has 0 aliphatic heterocycles. The Bertz CT molecular complexity index is 483. The molecule has 0 unspecified atom stereocenters. The third-order valence-electron chi connectivity index (χ3n) is 2.48. The Labute approximate surface area is 103 Å². The minimum Gasteiger partial charge on any atom is -0.167 e. The Morgan fingerprint density at radius 3 is 1.44 bits per heavy atom. The second kappa shape index (κ2) is 5.08. The van der Waals surface area contributed by atoms with Gasteiger partial charge in [-0.3, -0.25) is 0 Å². The van der Waals surface area contributed by atoms with Crippen LogP contribution in [-0.2, 0) is 0 Å². The molecule has 0 fully saturated rings. The Hall–Kier alpha value is -2.03. The zero-order valence-electron chi connectivity index (χ0n) is 9.48. The van der Waals surface area contributed by atoms with Crippen LogP contribution in [0.1, 0.15) is 11.1 Å². The van der Waals surface area contributed by atoms with Crippen molar-refractivity contribution in [2.45, 2.75) is 6.18 Å². The van der Waals surface area contributed by atoms with Gasteiger partial charge in [-0.2, -0.15) is 13.2 Å². The van der Waals surface area contributed by atoms with E-state index in [9.17, 15) is 13.2 Å². The van der Waals surface area contributed by atoms with Crippen LogP contribution in [0.4, 0.5) is 13.2 Å². The Balaban J connectivity index is 2.53. The molecule has 18 heavy (non-hydrogen) atoms. The third-order valence-corrected chi connectivity index (χ3v) is 2.48. The molecule has 0 amide bonds. The molecule has 0 spiro atoms. The van der Waals surface area contributed by atoms with E-state index in [0.717, 1.165) is 0 Å². The van der Waals surface area contributed by atoms with Crippen LogP contribution >= 0.6 is 0 Å². The second-order valence-corrected chi connectivity index (χ2v) is 3.83. The van der Waals surface area contributed by atoms with Crippen molar-refractivity contribution in [1.29, 1.82) is 0 Å². The monoisotopic (exact) mass is 248 g/mol. The maximum absolute atomic E-state index is 12.6. The van der Waals surface area contributed by atoms with Gasteiger partial charge in [-0.05, 0) is 16.7 Å². The molecule has 0 aliphatic carbocycles. The van der Waals surface area contributed by atoms with Gasteiger partial charge in [-0.25, -0.2) is 0 Å². The number of hydrogen-bond acceptors (Lipinski definition) is 0. The quantitative estimate of drug-likeness (QED) is 0.723. The molecule has 2 rings (SSSR count). The average molecular weight is 248 g/mol. The van der Waals surface area contributed by atoms with Gasteiger partial charge in [0.1, 0.15) is 0 Å². The van der Waals surface area contributed by atoms with E-state index in [1.54, 1.807) is 60.7 Å². The predicted octanol–water partition coefficient (Wildman–Crippen LogP) is 4.68. The first kappa shape index (κ1) is 12.4. The molecule has 3 heteroatoms. The normalized spacial score (nSPS) is 11.1. The van der Waals surface area contributed by atoms with E-state index in [0.29, 0.717) is 17.2 Å². The fraction of sp³-hybridized carbons (Fsp3) is 0.0667. The molecule has 0 bridgehead atoms. The van der Waals surface area contributed by atoms with Crippen LogP contribution in [0.3, 0.4) is 0 Å². The summed E-state index contributed by atoms with van der Waals surface area (Å²) < 4.78 is 37.8. The first-order chi connectivity index (χ1) is 8.56. The van der Waals surface area contributed by atoms with E-state index in [2.05, 4.69) is 0 Å². The topological polar surface area (TPSA) is 0 Å². The fourth-order valence-corrected chi connectivity index (χ4v) is 1.73. The Morgan fingerprint density at radius 2 is 1.11 bits per heavy atom. The van der Waals surface area contributed by atoms with E-state index in [4.69, 9.17) is 0 Å². The largest absolute Gasteiger partial charge is 0.410 e. The maximum atomic E-state index is 12.6. The molecule has 0 heterocycles. The third kappa shape index (κ3) is 3.23. The summed E-state index contributed by atoms with van der Waals surface area (Å²) in [4.78, 5) is 0. The maximum Gasteiger partial charge on any atom is 0.410 e. The summed E-state index contributed by atoms with van der Waals surface area (Å²) in [6, 6.07) is 17.1. The molecule has 0 aliphatic rings. The van der Waals surface area contributed by atoms with Gasteiger partial charge < -0.3 is 0 Å². The molecule has 0 radical (unpaired) electrons. The lowest BCUT2D eigenvalue weighted by Crippen LogP contribution is -2.04. The Kier molecular flexibility index (Phi) is 3.51. The highest BCUT2D eigenvalue weighted by Gasteiger charge is 2.25. The molecular formula is C15H11F3. The van der Waals surface area contributed by atoms with Gasteiger partial charge >= 0.3 is 6.18 Å². The molecule has 0 atom stereocenters.